The van der Waals surface area contributed by atoms with Crippen molar-refractivity contribution in [1.29, 1.82) is 0 Å². The van der Waals surface area contributed by atoms with Crippen molar-refractivity contribution in [2.45, 2.75) is 169 Å². The zero-order valence-corrected chi connectivity index (χ0v) is 22.9. The number of hydrogen-bond acceptors (Lipinski definition) is 1. The highest BCUT2D eigenvalue weighted by molar-refractivity contribution is 5.76. The van der Waals surface area contributed by atoms with E-state index in [-0.39, 0.29) is 0 Å². The molecule has 1 amide bonds. The third-order valence-electron chi connectivity index (χ3n) is 6.85. The molecule has 0 radical (unpaired) electrons. The van der Waals surface area contributed by atoms with Crippen molar-refractivity contribution < 1.29 is 4.79 Å². The van der Waals surface area contributed by atoms with E-state index in [0.717, 1.165) is 25.9 Å². The van der Waals surface area contributed by atoms with E-state index < -0.39 is 0 Å². The third kappa shape index (κ3) is 22.7. The lowest BCUT2D eigenvalue weighted by Gasteiger charge is -2.23. The van der Waals surface area contributed by atoms with Crippen LogP contribution < -0.4 is 0 Å². The first-order valence-corrected chi connectivity index (χ1v) is 14.9. The first-order chi connectivity index (χ1) is 15.6. The molecule has 0 saturated carbocycles. The number of carbonyl (C=O) groups excluding carboxylic acids is 1. The van der Waals surface area contributed by atoms with Crippen LogP contribution in [0.4, 0.5) is 0 Å². The highest BCUT2D eigenvalue weighted by Gasteiger charge is 2.13. The van der Waals surface area contributed by atoms with Crippen molar-refractivity contribution in [1.82, 2.24) is 4.90 Å². The number of unbranched alkanes of at least 4 members (excludes halogenated alkanes) is 18. The molecule has 0 aromatic rings. The fourth-order valence-corrected chi connectivity index (χ4v) is 4.51. The maximum absolute atomic E-state index is 12.8. The Bertz CT molecular complexity index is 355. The molecule has 0 atom stereocenters. The van der Waals surface area contributed by atoms with Crippen LogP contribution in [0, 0.1) is 5.92 Å². The van der Waals surface area contributed by atoms with Gasteiger partial charge in [-0.3, -0.25) is 4.79 Å². The summed E-state index contributed by atoms with van der Waals surface area (Å²) in [6.07, 6.45) is 29.0. The molecule has 0 saturated heterocycles. The van der Waals surface area contributed by atoms with Crippen LogP contribution in [0.3, 0.4) is 0 Å². The second kappa shape index (κ2) is 25.1. The summed E-state index contributed by atoms with van der Waals surface area (Å²) in [5, 5.41) is 0. The third-order valence-corrected chi connectivity index (χ3v) is 6.85. The lowest BCUT2D eigenvalue weighted by molar-refractivity contribution is -0.131. The minimum atomic E-state index is 0.408. The molecule has 0 N–H and O–H groups in total. The second-order valence-corrected chi connectivity index (χ2v) is 10.7. The predicted molar refractivity (Wildman–Crippen MR) is 144 cm³/mol. The Morgan fingerprint density at radius 3 is 1.16 bits per heavy atom. The maximum atomic E-state index is 12.8. The van der Waals surface area contributed by atoms with E-state index >= 15 is 0 Å². The molecule has 0 aromatic heterocycles. The molecule has 0 fully saturated rings. The van der Waals surface area contributed by atoms with Gasteiger partial charge in [0.05, 0.1) is 0 Å². The van der Waals surface area contributed by atoms with E-state index in [2.05, 4.69) is 32.6 Å². The van der Waals surface area contributed by atoms with Gasteiger partial charge in [-0.15, -0.1) is 0 Å². The van der Waals surface area contributed by atoms with E-state index in [4.69, 9.17) is 0 Å². The average molecular weight is 452 g/mol. The van der Waals surface area contributed by atoms with Gasteiger partial charge in [-0.25, -0.2) is 0 Å². The monoisotopic (exact) mass is 451 g/mol. The first kappa shape index (κ1) is 31.5. The smallest absolute Gasteiger partial charge is 0.222 e. The summed E-state index contributed by atoms with van der Waals surface area (Å²) in [5.74, 6) is 1.03. The maximum Gasteiger partial charge on any atom is 0.222 e. The van der Waals surface area contributed by atoms with Crippen molar-refractivity contribution >= 4 is 5.91 Å². The molecule has 0 aliphatic carbocycles. The van der Waals surface area contributed by atoms with E-state index in [9.17, 15) is 4.79 Å². The minimum absolute atomic E-state index is 0.408. The fourth-order valence-electron chi connectivity index (χ4n) is 4.51. The molecule has 0 spiro atoms. The van der Waals surface area contributed by atoms with E-state index in [1.165, 1.54) is 128 Å². The molecule has 0 bridgehead atoms. The van der Waals surface area contributed by atoms with Crippen LogP contribution in [-0.4, -0.2) is 23.9 Å². The normalized spacial score (nSPS) is 11.4. The topological polar surface area (TPSA) is 20.3 Å². The molecule has 0 aliphatic rings. The number of hydrogen-bond donors (Lipinski definition) is 0. The summed E-state index contributed by atoms with van der Waals surface area (Å²) in [6, 6.07) is 0. The van der Waals surface area contributed by atoms with Crippen LogP contribution in [0.1, 0.15) is 169 Å². The van der Waals surface area contributed by atoms with Crippen molar-refractivity contribution in [2.24, 2.45) is 5.92 Å². The van der Waals surface area contributed by atoms with Gasteiger partial charge in [0.2, 0.25) is 5.91 Å². The summed E-state index contributed by atoms with van der Waals surface area (Å²) in [7, 11) is 0. The van der Waals surface area contributed by atoms with Gasteiger partial charge in [-0.2, -0.15) is 0 Å². The number of rotatable bonds is 25. The Kier molecular flexibility index (Phi) is 24.7. The van der Waals surface area contributed by atoms with Crippen LogP contribution >= 0.6 is 0 Å². The second-order valence-electron chi connectivity index (χ2n) is 10.7. The van der Waals surface area contributed by atoms with Gasteiger partial charge in [0.25, 0.3) is 0 Å². The zero-order chi connectivity index (χ0) is 23.7. The quantitative estimate of drug-likeness (QED) is 0.126. The van der Waals surface area contributed by atoms with E-state index in [1.807, 2.05) is 0 Å². The van der Waals surface area contributed by atoms with E-state index in [0.29, 0.717) is 11.8 Å². The molecule has 2 heteroatoms. The Hall–Kier alpha value is -0.530. The van der Waals surface area contributed by atoms with Gasteiger partial charge >= 0.3 is 0 Å². The molecule has 0 aromatic carbocycles. The molecule has 2 nitrogen and oxygen atoms in total. The van der Waals surface area contributed by atoms with Crippen molar-refractivity contribution in [2.75, 3.05) is 13.1 Å². The molecular formula is C30H61NO. The largest absolute Gasteiger partial charge is 0.343 e. The van der Waals surface area contributed by atoms with Gasteiger partial charge < -0.3 is 4.90 Å². The van der Waals surface area contributed by atoms with E-state index in [1.54, 1.807) is 0 Å². The lowest BCUT2D eigenvalue weighted by atomic mass is 10.1. The fraction of sp³-hybridized carbons (Fsp3) is 0.967. The number of amides is 1. The molecule has 0 rings (SSSR count). The molecule has 0 aliphatic heterocycles. The molecular weight excluding hydrogens is 390 g/mol. The zero-order valence-electron chi connectivity index (χ0n) is 22.9. The van der Waals surface area contributed by atoms with Gasteiger partial charge in [0.15, 0.2) is 0 Å². The summed E-state index contributed by atoms with van der Waals surface area (Å²) >= 11 is 0. The van der Waals surface area contributed by atoms with Gasteiger partial charge in [0.1, 0.15) is 0 Å². The lowest BCUT2D eigenvalue weighted by Crippen LogP contribution is -2.33. The van der Waals surface area contributed by atoms with Gasteiger partial charge in [-0.1, -0.05) is 143 Å². The molecule has 192 valence electrons. The highest BCUT2D eigenvalue weighted by atomic mass is 16.2. The Morgan fingerprint density at radius 1 is 0.531 bits per heavy atom. The summed E-state index contributed by atoms with van der Waals surface area (Å²) in [4.78, 5) is 15.0. The van der Waals surface area contributed by atoms with Crippen LogP contribution in [0.2, 0.25) is 0 Å². The van der Waals surface area contributed by atoms with Crippen LogP contribution in [0.5, 0.6) is 0 Å². The number of nitrogens with zero attached hydrogens (tertiary/aromatic N) is 1. The van der Waals surface area contributed by atoms with Crippen LogP contribution in [0.25, 0.3) is 0 Å². The summed E-state index contributed by atoms with van der Waals surface area (Å²) in [6.45, 7) is 11.0. The number of carbonyl (C=O) groups is 1. The van der Waals surface area contributed by atoms with Crippen molar-refractivity contribution in [3.63, 3.8) is 0 Å². The highest BCUT2D eigenvalue weighted by Crippen LogP contribution is 2.14. The Morgan fingerprint density at radius 2 is 0.844 bits per heavy atom. The van der Waals surface area contributed by atoms with Crippen LogP contribution in [0.15, 0.2) is 0 Å². The predicted octanol–water partition coefficient (Wildman–Crippen LogP) is 10.1. The molecule has 0 unspecified atom stereocenters. The van der Waals surface area contributed by atoms with Crippen molar-refractivity contribution in [3.05, 3.63) is 0 Å². The average Bonchev–Trinajstić information content (AvgIpc) is 2.78. The van der Waals surface area contributed by atoms with Crippen molar-refractivity contribution in [3.8, 4) is 0 Å². The Labute approximate surface area is 203 Å². The van der Waals surface area contributed by atoms with Crippen LogP contribution in [-0.2, 0) is 4.79 Å². The Balaban J connectivity index is 3.90. The summed E-state index contributed by atoms with van der Waals surface area (Å²) < 4.78 is 0. The SMILES string of the molecule is CCCCCCCCCCCCN(CCCCCCCCCCCC)C(=O)CCC(C)C. The molecule has 32 heavy (non-hydrogen) atoms. The first-order valence-electron chi connectivity index (χ1n) is 14.9. The standard InChI is InChI=1S/C30H61NO/c1-5-7-9-11-13-15-17-19-21-23-27-31(30(32)26-25-29(3)4)28-24-22-20-18-16-14-12-10-8-6-2/h29H,5-28H2,1-4H3. The molecule has 0 heterocycles. The minimum Gasteiger partial charge on any atom is -0.343 e. The summed E-state index contributed by atoms with van der Waals surface area (Å²) in [5.41, 5.74) is 0. The van der Waals surface area contributed by atoms with Gasteiger partial charge in [0, 0.05) is 19.5 Å². The van der Waals surface area contributed by atoms with Gasteiger partial charge in [-0.05, 0) is 25.2 Å².